The first-order chi connectivity index (χ1) is 8.58. The second-order valence-electron chi connectivity index (χ2n) is 3.86. The van der Waals surface area contributed by atoms with Crippen LogP contribution in [-0.4, -0.2) is 33.7 Å². The summed E-state index contributed by atoms with van der Waals surface area (Å²) >= 11 is 0. The van der Waals surface area contributed by atoms with Crippen LogP contribution in [0.15, 0.2) is 30.5 Å². The van der Waals surface area contributed by atoms with Gasteiger partial charge in [0, 0.05) is 0 Å². The zero-order chi connectivity index (χ0) is 13.2. The fraction of sp³-hybridized carbons (Fsp3) is 0.273. The van der Waals surface area contributed by atoms with Gasteiger partial charge in [-0.05, 0) is 0 Å². The predicted octanol–water partition coefficient (Wildman–Crippen LogP) is -0.734. The van der Waals surface area contributed by atoms with Gasteiger partial charge < -0.3 is 0 Å². The molecule has 0 aliphatic heterocycles. The van der Waals surface area contributed by atoms with Crippen molar-refractivity contribution in [3.8, 4) is 0 Å². The quantitative estimate of drug-likeness (QED) is 0.504. The van der Waals surface area contributed by atoms with Gasteiger partial charge in [-0.1, -0.05) is 0 Å². The Kier molecular flexibility index (Phi) is 3.85. The Hall–Kier alpha value is -1.17. The van der Waals surface area contributed by atoms with Crippen molar-refractivity contribution in [2.45, 2.75) is 6.54 Å². The van der Waals surface area contributed by atoms with Gasteiger partial charge >= 0.3 is 104 Å². The third-order valence-electron chi connectivity index (χ3n) is 2.67. The molecule has 1 heterocycles. The van der Waals surface area contributed by atoms with Gasteiger partial charge in [-0.3, -0.25) is 0 Å². The van der Waals surface area contributed by atoms with Crippen molar-refractivity contribution in [3.63, 3.8) is 0 Å². The monoisotopic (exact) mass is 271 g/mol. The molecule has 6 nitrogen and oxygen atoms in total. The second-order valence-corrected chi connectivity index (χ2v) is 6.02. The third-order valence-corrected chi connectivity index (χ3v) is 4.34. The van der Waals surface area contributed by atoms with E-state index in [1.165, 1.54) is 18.0 Å². The van der Waals surface area contributed by atoms with E-state index in [4.69, 9.17) is 9.63 Å². The first-order valence-corrected chi connectivity index (χ1v) is 7.29. The van der Waals surface area contributed by atoms with Crippen LogP contribution in [0.1, 0.15) is 0 Å². The number of rotatable bonds is 4. The van der Waals surface area contributed by atoms with E-state index in [9.17, 15) is 9.79 Å². The molecule has 2 aromatic rings. The third kappa shape index (κ3) is 2.48. The molecule has 0 saturated heterocycles. The van der Waals surface area contributed by atoms with Gasteiger partial charge in [0.1, 0.15) is 0 Å². The zero-order valence-corrected chi connectivity index (χ0v) is 10.9. The molecule has 0 atom stereocenters. The topological polar surface area (TPSA) is 86.7 Å². The summed E-state index contributed by atoms with van der Waals surface area (Å²) in [5.74, 6) is 0. The van der Waals surface area contributed by atoms with E-state index in [1.54, 1.807) is 18.2 Å². The van der Waals surface area contributed by atoms with Gasteiger partial charge in [-0.25, -0.2) is 0 Å². The molecule has 0 bridgehead atoms. The molecule has 0 aliphatic carbocycles. The average molecular weight is 271 g/mol. The summed E-state index contributed by atoms with van der Waals surface area (Å²) in [7, 11) is -2.66. The van der Waals surface area contributed by atoms with Crippen molar-refractivity contribution >= 4 is 24.2 Å². The van der Waals surface area contributed by atoms with Crippen LogP contribution in [0.25, 0.3) is 10.9 Å². The summed E-state index contributed by atoms with van der Waals surface area (Å²) in [6, 6.07) is 7.14. The number of fused-ring (bicyclic) bond motifs is 1. The van der Waals surface area contributed by atoms with Crippen molar-refractivity contribution in [1.82, 2.24) is 5.10 Å². The van der Waals surface area contributed by atoms with Crippen LogP contribution in [0.4, 0.5) is 0 Å². The van der Waals surface area contributed by atoms with Crippen LogP contribution < -0.4 is 9.99 Å². The number of benzene rings is 1. The van der Waals surface area contributed by atoms with E-state index in [1.807, 2.05) is 6.07 Å². The number of hydrogen-bond donors (Lipinski definition) is 3. The first-order valence-electron chi connectivity index (χ1n) is 5.49. The Labute approximate surface area is 105 Å². The Morgan fingerprint density at radius 2 is 2.06 bits per heavy atom. The maximum absolute atomic E-state index is 9.95. The minimum atomic E-state index is -3.92. The Morgan fingerprint density at radius 1 is 1.33 bits per heavy atom. The Balaban J connectivity index is 2.68. The molecule has 0 unspecified atom stereocenters. The van der Waals surface area contributed by atoms with Gasteiger partial charge in [-0.2, -0.15) is 0 Å². The maximum atomic E-state index is 9.95. The zero-order valence-electron chi connectivity index (χ0n) is 9.95. The minimum absolute atomic E-state index is 0.0756. The van der Waals surface area contributed by atoms with Crippen LogP contribution in [0.3, 0.4) is 0 Å². The molecule has 98 valence electrons. The SMILES string of the molecule is CO[PH](O)(O)c1c[n+](CCO)nc2ccccc12. The summed E-state index contributed by atoms with van der Waals surface area (Å²) in [6.45, 7) is 0.208. The average Bonchev–Trinajstić information content (AvgIpc) is 2.38. The van der Waals surface area contributed by atoms with E-state index < -0.39 is 7.94 Å². The van der Waals surface area contributed by atoms with Gasteiger partial charge in [-0.15, -0.1) is 0 Å². The number of hydrogen-bond acceptors (Lipinski definition) is 5. The van der Waals surface area contributed by atoms with E-state index >= 15 is 0 Å². The molecule has 2 rings (SSSR count). The van der Waals surface area contributed by atoms with Gasteiger partial charge in [0.05, 0.1) is 0 Å². The molecule has 0 saturated carbocycles. The van der Waals surface area contributed by atoms with Gasteiger partial charge in [0.2, 0.25) is 0 Å². The van der Waals surface area contributed by atoms with Gasteiger partial charge in [0.15, 0.2) is 0 Å². The summed E-state index contributed by atoms with van der Waals surface area (Å²) in [6.07, 6.45) is 1.51. The molecule has 1 aromatic heterocycles. The molecule has 0 spiro atoms. The number of nitrogens with zero attached hydrogens (tertiary/aromatic N) is 2. The van der Waals surface area contributed by atoms with E-state index in [0.29, 0.717) is 16.2 Å². The molecule has 7 heteroatoms. The molecule has 0 radical (unpaired) electrons. The molecular formula is C11H16N2O4P+. The molecule has 0 fully saturated rings. The van der Waals surface area contributed by atoms with Crippen molar-refractivity contribution < 1.29 is 24.1 Å². The molecule has 0 amide bonds. The number of aromatic nitrogens is 2. The normalized spacial score (nSPS) is 12.9. The van der Waals surface area contributed by atoms with Crippen LogP contribution in [0, 0.1) is 0 Å². The fourth-order valence-corrected chi connectivity index (χ4v) is 2.86. The van der Waals surface area contributed by atoms with Crippen molar-refractivity contribution in [2.75, 3.05) is 13.7 Å². The van der Waals surface area contributed by atoms with Crippen LogP contribution in [0.2, 0.25) is 0 Å². The molecule has 1 aromatic carbocycles. The van der Waals surface area contributed by atoms with E-state index in [0.717, 1.165) is 0 Å². The molecule has 18 heavy (non-hydrogen) atoms. The standard InChI is InChI=1S/C11H16N2O4P/c1-17-18(15,16)11-8-13(6-7-14)12-10-5-3-2-4-9(10)11/h2-5,8,14-16,18H,6-7H2,1H3/q+1. The van der Waals surface area contributed by atoms with Crippen molar-refractivity contribution in [2.24, 2.45) is 0 Å². The molecule has 0 aliphatic rings. The Bertz CT molecular complexity index is 562. The summed E-state index contributed by atoms with van der Waals surface area (Å²) in [5, 5.41) is 14.2. The number of aliphatic hydroxyl groups is 1. The number of aliphatic hydroxyl groups excluding tert-OH is 1. The Morgan fingerprint density at radius 3 is 2.72 bits per heavy atom. The van der Waals surface area contributed by atoms with Gasteiger partial charge in [0.25, 0.3) is 0 Å². The summed E-state index contributed by atoms with van der Waals surface area (Å²) in [4.78, 5) is 19.9. The van der Waals surface area contributed by atoms with E-state index in [-0.39, 0.29) is 13.2 Å². The fourth-order valence-electron chi connectivity index (χ4n) is 1.76. The first kappa shape index (κ1) is 13.3. The second kappa shape index (κ2) is 5.22. The van der Waals surface area contributed by atoms with Crippen LogP contribution >= 0.6 is 7.94 Å². The van der Waals surface area contributed by atoms with Crippen LogP contribution in [0.5, 0.6) is 0 Å². The van der Waals surface area contributed by atoms with Crippen LogP contribution in [-0.2, 0) is 11.1 Å². The van der Waals surface area contributed by atoms with Crippen molar-refractivity contribution in [1.29, 1.82) is 0 Å². The summed E-state index contributed by atoms with van der Waals surface area (Å²) in [5.41, 5.74) is 0.625. The summed E-state index contributed by atoms with van der Waals surface area (Å²) < 4.78 is 6.29. The van der Waals surface area contributed by atoms with Crippen molar-refractivity contribution in [3.05, 3.63) is 30.5 Å². The van der Waals surface area contributed by atoms with E-state index in [2.05, 4.69) is 5.10 Å². The molecule has 3 N–H and O–H groups in total. The predicted molar refractivity (Wildman–Crippen MR) is 68.4 cm³/mol. The molecular weight excluding hydrogens is 255 g/mol.